The van der Waals surface area contributed by atoms with E-state index in [4.69, 9.17) is 16.3 Å². The van der Waals surface area contributed by atoms with E-state index in [1.807, 2.05) is 18.2 Å². The molecule has 0 radical (unpaired) electrons. The molecule has 128 valence electrons. The topological polar surface area (TPSA) is 49.7 Å². The molecule has 0 bridgehead atoms. The molecule has 1 fully saturated rings. The molecular weight excluding hydrogens is 331 g/mol. The van der Waals surface area contributed by atoms with Crippen LogP contribution in [0.15, 0.2) is 42.5 Å². The van der Waals surface area contributed by atoms with Crippen LogP contribution in [-0.2, 0) is 11.2 Å². The average Bonchev–Trinajstić information content (AvgIpc) is 2.58. The van der Waals surface area contributed by atoms with Crippen molar-refractivity contribution >= 4 is 11.6 Å². The molecular formula is C19H20ClFO3. The maximum Gasteiger partial charge on any atom is 0.123 e. The van der Waals surface area contributed by atoms with Gasteiger partial charge in [0.1, 0.15) is 5.82 Å². The summed E-state index contributed by atoms with van der Waals surface area (Å²) < 4.78 is 18.9. The fourth-order valence-electron chi connectivity index (χ4n) is 3.08. The fraction of sp³-hybridized carbons (Fsp3) is 0.368. The van der Waals surface area contributed by atoms with Crippen LogP contribution < -0.4 is 0 Å². The monoisotopic (exact) mass is 350 g/mol. The largest absolute Gasteiger partial charge is 0.394 e. The molecule has 0 saturated carbocycles. The maximum atomic E-state index is 13.0. The van der Waals surface area contributed by atoms with Gasteiger partial charge in [-0.05, 0) is 41.3 Å². The molecule has 0 aromatic heterocycles. The molecule has 24 heavy (non-hydrogen) atoms. The molecule has 0 aliphatic carbocycles. The van der Waals surface area contributed by atoms with Gasteiger partial charge in [0.05, 0.1) is 24.9 Å². The molecule has 5 heteroatoms. The first-order chi connectivity index (χ1) is 11.5. The van der Waals surface area contributed by atoms with Gasteiger partial charge >= 0.3 is 0 Å². The third-order valence-electron chi connectivity index (χ3n) is 4.33. The lowest BCUT2D eigenvalue weighted by Gasteiger charge is -2.32. The van der Waals surface area contributed by atoms with Crippen molar-refractivity contribution in [3.05, 3.63) is 70.0 Å². The zero-order valence-corrected chi connectivity index (χ0v) is 13.9. The minimum atomic E-state index is -0.489. The highest BCUT2D eigenvalue weighted by Gasteiger charge is 2.29. The van der Waals surface area contributed by atoms with Gasteiger partial charge in [0.15, 0.2) is 0 Å². The number of rotatable bonds is 4. The summed E-state index contributed by atoms with van der Waals surface area (Å²) in [6.45, 7) is -0.108. The van der Waals surface area contributed by atoms with E-state index in [1.54, 1.807) is 12.1 Å². The van der Waals surface area contributed by atoms with Crippen molar-refractivity contribution < 1.29 is 19.3 Å². The third-order valence-corrected chi connectivity index (χ3v) is 4.70. The van der Waals surface area contributed by atoms with Crippen molar-refractivity contribution in [2.24, 2.45) is 0 Å². The van der Waals surface area contributed by atoms with E-state index in [0.29, 0.717) is 24.3 Å². The molecule has 0 spiro atoms. The molecule has 1 saturated heterocycles. The van der Waals surface area contributed by atoms with Crippen LogP contribution in [0.2, 0.25) is 5.02 Å². The molecule has 3 unspecified atom stereocenters. The van der Waals surface area contributed by atoms with Crippen LogP contribution in [-0.4, -0.2) is 29.0 Å². The SMILES string of the molecule is OCC1CC(O)CC(c2ccc(Cl)c(Cc3ccc(F)cc3)c2)O1. The van der Waals surface area contributed by atoms with Crippen LogP contribution in [0.25, 0.3) is 0 Å². The number of benzene rings is 2. The molecule has 1 aliphatic heterocycles. The minimum Gasteiger partial charge on any atom is -0.394 e. The summed E-state index contributed by atoms with van der Waals surface area (Å²) in [5, 5.41) is 19.9. The number of halogens is 2. The van der Waals surface area contributed by atoms with Gasteiger partial charge in [0, 0.05) is 17.9 Å². The van der Waals surface area contributed by atoms with Crippen molar-refractivity contribution in [3.63, 3.8) is 0 Å². The zero-order valence-electron chi connectivity index (χ0n) is 13.2. The minimum absolute atomic E-state index is 0.108. The number of ether oxygens (including phenoxy) is 1. The predicted octanol–water partition coefficient (Wildman–Crippen LogP) is 3.64. The van der Waals surface area contributed by atoms with Crippen LogP contribution in [0.4, 0.5) is 4.39 Å². The van der Waals surface area contributed by atoms with Gasteiger partial charge in [0.25, 0.3) is 0 Å². The van der Waals surface area contributed by atoms with Crippen LogP contribution in [0.3, 0.4) is 0 Å². The van der Waals surface area contributed by atoms with E-state index >= 15 is 0 Å². The first kappa shape index (κ1) is 17.4. The quantitative estimate of drug-likeness (QED) is 0.885. The van der Waals surface area contributed by atoms with Gasteiger partial charge in [0.2, 0.25) is 0 Å². The van der Waals surface area contributed by atoms with Crippen LogP contribution in [0, 0.1) is 5.82 Å². The van der Waals surface area contributed by atoms with Crippen molar-refractivity contribution in [3.8, 4) is 0 Å². The summed E-state index contributed by atoms with van der Waals surface area (Å²) in [7, 11) is 0. The lowest BCUT2D eigenvalue weighted by molar-refractivity contribution is -0.113. The van der Waals surface area contributed by atoms with Crippen molar-refractivity contribution in [1.82, 2.24) is 0 Å². The zero-order chi connectivity index (χ0) is 17.1. The van der Waals surface area contributed by atoms with Crippen molar-refractivity contribution in [2.75, 3.05) is 6.61 Å². The number of hydrogen-bond acceptors (Lipinski definition) is 3. The van der Waals surface area contributed by atoms with E-state index in [0.717, 1.165) is 16.7 Å². The Morgan fingerprint density at radius 2 is 1.88 bits per heavy atom. The lowest BCUT2D eigenvalue weighted by Crippen LogP contribution is -2.33. The number of aliphatic hydroxyl groups is 2. The number of hydrogen-bond donors (Lipinski definition) is 2. The Morgan fingerprint density at radius 3 is 2.58 bits per heavy atom. The molecule has 2 N–H and O–H groups in total. The second kappa shape index (κ2) is 7.62. The Bertz CT molecular complexity index is 690. The molecule has 1 aliphatic rings. The summed E-state index contributed by atoms with van der Waals surface area (Å²) in [6.07, 6.45) is 0.422. The molecule has 2 aromatic carbocycles. The van der Waals surface area contributed by atoms with E-state index in [-0.39, 0.29) is 24.6 Å². The van der Waals surface area contributed by atoms with Crippen LogP contribution in [0.1, 0.15) is 35.6 Å². The van der Waals surface area contributed by atoms with Gasteiger partial charge in [-0.3, -0.25) is 0 Å². The van der Waals surface area contributed by atoms with E-state index in [9.17, 15) is 14.6 Å². The van der Waals surface area contributed by atoms with E-state index in [2.05, 4.69) is 0 Å². The van der Waals surface area contributed by atoms with Gasteiger partial charge in [-0.25, -0.2) is 4.39 Å². The maximum absolute atomic E-state index is 13.0. The Hall–Kier alpha value is -1.46. The van der Waals surface area contributed by atoms with E-state index < -0.39 is 6.10 Å². The molecule has 1 heterocycles. The Labute approximate surface area is 145 Å². The Morgan fingerprint density at radius 1 is 1.12 bits per heavy atom. The predicted molar refractivity (Wildman–Crippen MR) is 90.6 cm³/mol. The van der Waals surface area contributed by atoms with Crippen LogP contribution in [0.5, 0.6) is 0 Å². The molecule has 0 amide bonds. The van der Waals surface area contributed by atoms with Crippen molar-refractivity contribution in [2.45, 2.75) is 37.6 Å². The average molecular weight is 351 g/mol. The first-order valence-corrected chi connectivity index (χ1v) is 8.40. The molecule has 3 nitrogen and oxygen atoms in total. The summed E-state index contributed by atoms with van der Waals surface area (Å²) in [6, 6.07) is 12.0. The second-order valence-electron chi connectivity index (χ2n) is 6.21. The summed E-state index contributed by atoms with van der Waals surface area (Å²) in [5.41, 5.74) is 2.81. The fourth-order valence-corrected chi connectivity index (χ4v) is 3.26. The Kier molecular flexibility index (Phi) is 5.51. The van der Waals surface area contributed by atoms with E-state index in [1.165, 1.54) is 12.1 Å². The highest BCUT2D eigenvalue weighted by Crippen LogP contribution is 2.33. The summed E-state index contributed by atoms with van der Waals surface area (Å²) in [5.74, 6) is -0.266. The number of aliphatic hydroxyl groups excluding tert-OH is 2. The first-order valence-electron chi connectivity index (χ1n) is 8.02. The van der Waals surface area contributed by atoms with Crippen molar-refractivity contribution in [1.29, 1.82) is 0 Å². The normalized spacial score (nSPS) is 24.1. The van der Waals surface area contributed by atoms with Gasteiger partial charge < -0.3 is 14.9 Å². The molecule has 3 rings (SSSR count). The lowest BCUT2D eigenvalue weighted by atomic mass is 9.94. The smallest absolute Gasteiger partial charge is 0.123 e. The van der Waals surface area contributed by atoms with Gasteiger partial charge in [-0.1, -0.05) is 35.9 Å². The molecule has 2 aromatic rings. The second-order valence-corrected chi connectivity index (χ2v) is 6.62. The molecule has 3 atom stereocenters. The standard InChI is InChI=1S/C19H20ClFO3/c20-18-6-3-13(19-10-16(23)9-17(11-22)24-19)8-14(18)7-12-1-4-15(21)5-2-12/h1-6,8,16-17,19,22-23H,7,9-11H2. The highest BCUT2D eigenvalue weighted by molar-refractivity contribution is 6.31. The summed E-state index contributed by atoms with van der Waals surface area (Å²) >= 11 is 6.30. The van der Waals surface area contributed by atoms with Crippen LogP contribution >= 0.6 is 11.6 Å². The third kappa shape index (κ3) is 4.14. The van der Waals surface area contributed by atoms with Gasteiger partial charge in [-0.15, -0.1) is 0 Å². The summed E-state index contributed by atoms with van der Waals surface area (Å²) in [4.78, 5) is 0. The van der Waals surface area contributed by atoms with Gasteiger partial charge in [-0.2, -0.15) is 0 Å². The highest BCUT2D eigenvalue weighted by atomic mass is 35.5. The Balaban J connectivity index is 1.81.